The molecule has 4 rings (SSSR count). The van der Waals surface area contributed by atoms with E-state index in [-0.39, 0.29) is 34.1 Å². The van der Waals surface area contributed by atoms with E-state index in [2.05, 4.69) is 9.71 Å². The van der Waals surface area contributed by atoms with Crippen LogP contribution in [0.4, 0.5) is 4.39 Å². The molecule has 3 aromatic rings. The van der Waals surface area contributed by atoms with E-state index in [4.69, 9.17) is 0 Å². The maximum Gasteiger partial charge on any atom is 0.335 e. The smallest absolute Gasteiger partial charge is 0.335 e. The van der Waals surface area contributed by atoms with Gasteiger partial charge in [0.15, 0.2) is 0 Å². The Morgan fingerprint density at radius 3 is 2.24 bits per heavy atom. The number of nitrogens with zero attached hydrogens (tertiary/aromatic N) is 1. The number of carboxylic acid groups (broad SMARTS) is 1. The van der Waals surface area contributed by atoms with Crippen LogP contribution in [0, 0.1) is 11.7 Å². The maximum atomic E-state index is 13.1. The summed E-state index contributed by atoms with van der Waals surface area (Å²) >= 11 is 0. The average molecular weight is 525 g/mol. The molecule has 0 radical (unpaired) electrons. The molecule has 0 aliphatic heterocycles. The number of carboxylic acids is 1. The minimum Gasteiger partial charge on any atom is -0.478 e. The highest BCUT2D eigenvalue weighted by Crippen LogP contribution is 2.50. The first-order valence-corrected chi connectivity index (χ1v) is 13.5. The molecule has 7 nitrogen and oxygen atoms in total. The highest BCUT2D eigenvalue weighted by Gasteiger charge is 2.27. The standard InChI is InChI=1S/C28H29FN2O5S/c1-18(19-5-11-24(29)12-6-19)30-27(32)21-7-13-25(14-8-21)31-37(35,36)26-15-9-20(10-16-26)22-3-2-4-23(17-22)28(33)34/h2-6,9-12,15-18,21,35-36H,7-8,13-14H2,1H3,(H,30,32)(H,33,34). The topological polar surface area (TPSA) is 119 Å². The predicted molar refractivity (Wildman–Crippen MR) is 142 cm³/mol. The Hall–Kier alpha value is -3.53. The van der Waals surface area contributed by atoms with Crippen LogP contribution in [-0.4, -0.2) is 31.8 Å². The van der Waals surface area contributed by atoms with Crippen LogP contribution in [0.3, 0.4) is 0 Å². The Kier molecular flexibility index (Phi) is 8.06. The van der Waals surface area contributed by atoms with Gasteiger partial charge in [0.2, 0.25) is 5.91 Å². The molecule has 1 saturated carbocycles. The second-order valence-corrected chi connectivity index (χ2v) is 10.8. The van der Waals surface area contributed by atoms with Crippen LogP contribution in [0.2, 0.25) is 0 Å². The lowest BCUT2D eigenvalue weighted by molar-refractivity contribution is -0.126. The number of hydrogen-bond acceptors (Lipinski definition) is 5. The fourth-order valence-electron chi connectivity index (χ4n) is 4.37. The number of hydrogen-bond donors (Lipinski definition) is 4. The van der Waals surface area contributed by atoms with Gasteiger partial charge in [0.05, 0.1) is 16.5 Å². The monoisotopic (exact) mass is 524 g/mol. The molecule has 1 aliphatic rings. The van der Waals surface area contributed by atoms with E-state index in [1.807, 2.05) is 6.92 Å². The quantitative estimate of drug-likeness (QED) is 0.273. The van der Waals surface area contributed by atoms with Crippen LogP contribution in [0.5, 0.6) is 0 Å². The van der Waals surface area contributed by atoms with Crippen LogP contribution in [0.15, 0.2) is 82.1 Å². The lowest BCUT2D eigenvalue weighted by atomic mass is 9.87. The summed E-state index contributed by atoms with van der Waals surface area (Å²) in [5.41, 5.74) is 3.11. The average Bonchev–Trinajstić information content (AvgIpc) is 2.89. The Morgan fingerprint density at radius 2 is 1.62 bits per heavy atom. The van der Waals surface area contributed by atoms with Crippen molar-refractivity contribution >= 4 is 28.4 Å². The van der Waals surface area contributed by atoms with Crippen LogP contribution in [-0.2, 0) is 4.79 Å². The predicted octanol–water partition coefficient (Wildman–Crippen LogP) is 6.72. The van der Waals surface area contributed by atoms with E-state index in [9.17, 15) is 28.2 Å². The van der Waals surface area contributed by atoms with Gasteiger partial charge in [-0.05, 0) is 85.7 Å². The molecule has 37 heavy (non-hydrogen) atoms. The minimum absolute atomic E-state index is 0.0787. The zero-order valence-corrected chi connectivity index (χ0v) is 21.1. The number of nitrogens with one attached hydrogen (secondary N) is 1. The van der Waals surface area contributed by atoms with E-state index in [1.54, 1.807) is 54.6 Å². The first kappa shape index (κ1) is 26.5. The third-order valence-electron chi connectivity index (χ3n) is 6.53. The number of benzene rings is 3. The third-order valence-corrected chi connectivity index (χ3v) is 7.95. The summed E-state index contributed by atoms with van der Waals surface area (Å²) in [6.45, 7) is 1.85. The SMILES string of the molecule is CC(NC(=O)C1CCC(=NS(O)(O)c2ccc(-c3cccc(C(=O)O)c3)cc2)CC1)c1ccc(F)cc1. The largest absolute Gasteiger partial charge is 0.478 e. The van der Waals surface area contributed by atoms with Gasteiger partial charge in [-0.1, -0.05) is 47.2 Å². The van der Waals surface area contributed by atoms with Gasteiger partial charge in [-0.15, -0.1) is 0 Å². The van der Waals surface area contributed by atoms with Gasteiger partial charge < -0.3 is 10.4 Å². The molecular weight excluding hydrogens is 495 g/mol. The number of carbonyl (C=O) groups excluding carboxylic acids is 1. The van der Waals surface area contributed by atoms with E-state index < -0.39 is 16.7 Å². The van der Waals surface area contributed by atoms with Gasteiger partial charge in [0.1, 0.15) is 5.82 Å². The molecule has 0 saturated heterocycles. The summed E-state index contributed by atoms with van der Waals surface area (Å²) in [6.07, 6.45) is 2.07. The number of aromatic carboxylic acids is 1. The molecule has 3 aromatic carbocycles. The maximum absolute atomic E-state index is 13.1. The summed E-state index contributed by atoms with van der Waals surface area (Å²) in [4.78, 5) is 24.2. The molecule has 0 bridgehead atoms. The van der Waals surface area contributed by atoms with Crippen molar-refractivity contribution in [1.82, 2.24) is 5.32 Å². The highest BCUT2D eigenvalue weighted by atomic mass is 32.3. The molecule has 1 fully saturated rings. The van der Waals surface area contributed by atoms with Crippen molar-refractivity contribution in [2.24, 2.45) is 10.3 Å². The second-order valence-electron chi connectivity index (χ2n) is 9.14. The summed E-state index contributed by atoms with van der Waals surface area (Å²) in [6, 6.07) is 18.9. The molecule has 4 N–H and O–H groups in total. The fraction of sp³-hybridized carbons (Fsp3) is 0.250. The molecule has 1 amide bonds. The van der Waals surface area contributed by atoms with Crippen molar-refractivity contribution in [1.29, 1.82) is 0 Å². The normalized spacial score (nSPS) is 17.1. The Balaban J connectivity index is 1.36. The Morgan fingerprint density at radius 1 is 0.973 bits per heavy atom. The molecule has 9 heteroatoms. The van der Waals surface area contributed by atoms with E-state index >= 15 is 0 Å². The highest BCUT2D eigenvalue weighted by molar-refractivity contribution is 8.23. The van der Waals surface area contributed by atoms with Crippen LogP contribution < -0.4 is 5.32 Å². The number of rotatable bonds is 7. The summed E-state index contributed by atoms with van der Waals surface area (Å²) in [7, 11) is -3.41. The first-order chi connectivity index (χ1) is 17.6. The zero-order valence-electron chi connectivity index (χ0n) is 20.3. The zero-order chi connectivity index (χ0) is 26.6. The van der Waals surface area contributed by atoms with E-state index in [1.165, 1.54) is 18.2 Å². The minimum atomic E-state index is -3.41. The van der Waals surface area contributed by atoms with Gasteiger partial charge >= 0.3 is 5.97 Å². The van der Waals surface area contributed by atoms with Gasteiger partial charge in [-0.25, -0.2) is 9.18 Å². The van der Waals surface area contributed by atoms with Gasteiger partial charge in [-0.2, -0.15) is 4.40 Å². The van der Waals surface area contributed by atoms with Crippen LogP contribution in [0.1, 0.15) is 54.6 Å². The Bertz CT molecular complexity index is 1300. The second kappa shape index (κ2) is 11.2. The Labute approximate surface area is 216 Å². The molecule has 1 unspecified atom stereocenters. The third kappa shape index (κ3) is 6.62. The van der Waals surface area contributed by atoms with Crippen LogP contribution >= 0.6 is 10.8 Å². The fourth-order valence-corrected chi connectivity index (χ4v) is 5.51. The first-order valence-electron chi connectivity index (χ1n) is 12.0. The molecule has 0 spiro atoms. The molecular formula is C28H29FN2O5S. The van der Waals surface area contributed by atoms with Crippen LogP contribution in [0.25, 0.3) is 11.1 Å². The van der Waals surface area contributed by atoms with Crippen molar-refractivity contribution in [3.8, 4) is 11.1 Å². The number of amides is 1. The molecule has 194 valence electrons. The lowest BCUT2D eigenvalue weighted by Gasteiger charge is -2.30. The van der Waals surface area contributed by atoms with Crippen molar-refractivity contribution < 1.29 is 28.2 Å². The number of carbonyl (C=O) groups is 2. The summed E-state index contributed by atoms with van der Waals surface area (Å²) in [5, 5.41) is 12.2. The molecule has 1 atom stereocenters. The number of halogens is 1. The summed E-state index contributed by atoms with van der Waals surface area (Å²) < 4.78 is 38.8. The molecule has 0 heterocycles. The van der Waals surface area contributed by atoms with E-state index in [0.717, 1.165) is 11.1 Å². The summed E-state index contributed by atoms with van der Waals surface area (Å²) in [5.74, 6) is -1.62. The van der Waals surface area contributed by atoms with Crippen molar-refractivity contribution in [2.75, 3.05) is 0 Å². The van der Waals surface area contributed by atoms with Gasteiger partial charge in [0, 0.05) is 11.6 Å². The van der Waals surface area contributed by atoms with Crippen molar-refractivity contribution in [3.63, 3.8) is 0 Å². The van der Waals surface area contributed by atoms with Crippen molar-refractivity contribution in [3.05, 3.63) is 89.7 Å². The molecule has 1 aliphatic carbocycles. The van der Waals surface area contributed by atoms with E-state index in [0.29, 0.717) is 37.0 Å². The lowest BCUT2D eigenvalue weighted by Crippen LogP contribution is -2.35. The van der Waals surface area contributed by atoms with Gasteiger partial charge in [0.25, 0.3) is 0 Å². The molecule has 0 aromatic heterocycles. The van der Waals surface area contributed by atoms with Gasteiger partial charge in [-0.3, -0.25) is 13.9 Å². The van der Waals surface area contributed by atoms with Crippen molar-refractivity contribution in [2.45, 2.75) is 43.5 Å².